The molecule has 1 aromatic heterocycles. The van der Waals surface area contributed by atoms with Gasteiger partial charge in [0.2, 0.25) is 4.87 Å². The topological polar surface area (TPSA) is 64.3 Å². The quantitative estimate of drug-likeness (QED) is 0.780. The summed E-state index contributed by atoms with van der Waals surface area (Å²) in [5.74, 6) is 0.449. The van der Waals surface area contributed by atoms with Gasteiger partial charge in [-0.3, -0.25) is 4.99 Å². The van der Waals surface area contributed by atoms with Gasteiger partial charge in [-0.25, -0.2) is 13.4 Å². The maximum absolute atomic E-state index is 12.6. The van der Waals surface area contributed by atoms with Crippen LogP contribution in [0.2, 0.25) is 5.02 Å². The lowest BCUT2D eigenvalue weighted by atomic mass is 10.1. The molecule has 3 rings (SSSR count). The van der Waals surface area contributed by atoms with Crippen molar-refractivity contribution < 1.29 is 8.42 Å². The minimum Gasteiger partial charge on any atom is -0.305 e. The van der Waals surface area contributed by atoms with Crippen LogP contribution in [0.1, 0.15) is 0 Å². The molecule has 1 aliphatic heterocycles. The molecular weight excluding hydrogens is 357 g/mol. The third kappa shape index (κ3) is 2.60. The smallest absolute Gasteiger partial charge is 0.203 e. The largest absolute Gasteiger partial charge is 0.305 e. The van der Waals surface area contributed by atoms with Gasteiger partial charge in [-0.1, -0.05) is 23.7 Å². The monoisotopic (exact) mass is 369 g/mol. The summed E-state index contributed by atoms with van der Waals surface area (Å²) in [6, 6.07) is 7.03. The van der Waals surface area contributed by atoms with E-state index in [-0.39, 0.29) is 0 Å². The van der Waals surface area contributed by atoms with E-state index in [4.69, 9.17) is 23.2 Å². The number of hydrogen-bond acceptors (Lipinski definition) is 4. The van der Waals surface area contributed by atoms with Crippen molar-refractivity contribution in [2.45, 2.75) is 10.2 Å². The van der Waals surface area contributed by atoms with E-state index >= 15 is 0 Å². The van der Waals surface area contributed by atoms with Crippen molar-refractivity contribution in [3.8, 4) is 11.4 Å². The van der Waals surface area contributed by atoms with Crippen molar-refractivity contribution in [3.05, 3.63) is 54.0 Å². The van der Waals surface area contributed by atoms with E-state index in [0.29, 0.717) is 16.4 Å². The Bertz CT molecular complexity index is 905. The number of alkyl halides is 1. The summed E-state index contributed by atoms with van der Waals surface area (Å²) in [5.41, 5.74) is 0.692. The third-order valence-corrected chi connectivity index (χ3v) is 6.28. The molecule has 0 amide bonds. The molecule has 0 fully saturated rings. The second kappa shape index (κ2) is 5.78. The summed E-state index contributed by atoms with van der Waals surface area (Å²) in [7, 11) is -3.64. The molecular formula is C15H13Cl2N3O2S. The molecule has 0 saturated carbocycles. The van der Waals surface area contributed by atoms with Crippen LogP contribution < -0.4 is 0 Å². The molecule has 0 radical (unpaired) electrons. The number of halogens is 2. The predicted molar refractivity (Wildman–Crippen MR) is 92.8 cm³/mol. The summed E-state index contributed by atoms with van der Waals surface area (Å²) < 4.78 is 26.7. The number of hydrogen-bond donors (Lipinski definition) is 0. The number of aromatic nitrogens is 2. The maximum atomic E-state index is 12.6. The number of nitrogens with zero attached hydrogens (tertiary/aromatic N) is 3. The Morgan fingerprint density at radius 1 is 1.35 bits per heavy atom. The second-order valence-corrected chi connectivity index (χ2v) is 8.28. The lowest BCUT2D eigenvalue weighted by molar-refractivity contribution is 0.514. The highest BCUT2D eigenvalue weighted by atomic mass is 35.5. The molecule has 2 unspecified atom stereocenters. The minimum absolute atomic E-state index is 0.449. The zero-order valence-corrected chi connectivity index (χ0v) is 14.4. The van der Waals surface area contributed by atoms with Gasteiger partial charge in [0.15, 0.2) is 9.84 Å². The Labute approximate surface area is 144 Å². The summed E-state index contributed by atoms with van der Waals surface area (Å²) >= 11 is 12.4. The molecule has 5 nitrogen and oxygen atoms in total. The molecule has 0 spiro atoms. The average molecular weight is 370 g/mol. The second-order valence-electron chi connectivity index (χ2n) is 5.18. The van der Waals surface area contributed by atoms with Crippen molar-refractivity contribution in [3.63, 3.8) is 0 Å². The van der Waals surface area contributed by atoms with E-state index in [9.17, 15) is 8.42 Å². The summed E-state index contributed by atoms with van der Waals surface area (Å²) in [6.45, 7) is 0. The average Bonchev–Trinajstić information content (AvgIpc) is 2.96. The fraction of sp³-hybridized carbons (Fsp3) is 0.200. The van der Waals surface area contributed by atoms with E-state index in [1.807, 2.05) is 0 Å². The Hall–Kier alpha value is -1.63. The van der Waals surface area contributed by atoms with Gasteiger partial charge < -0.3 is 4.57 Å². The first-order chi connectivity index (χ1) is 10.9. The Kier molecular flexibility index (Phi) is 4.08. The molecule has 0 aliphatic carbocycles. The van der Waals surface area contributed by atoms with E-state index in [2.05, 4.69) is 9.98 Å². The maximum Gasteiger partial charge on any atom is 0.203 e. The normalized spacial score (nSPS) is 24.0. The third-order valence-electron chi connectivity index (χ3n) is 3.69. The molecule has 2 aromatic rings. The molecule has 23 heavy (non-hydrogen) atoms. The standard InChI is InChI=1S/C15H13Cl2N3O2S/c1-23(21,22)15(10-18-6-5-13(15)17)20-8-7-19-14(20)11-3-2-4-12(16)9-11/h2-10,13H,1H3. The molecule has 120 valence electrons. The fourth-order valence-corrected chi connectivity index (χ4v) is 4.73. The first-order valence-electron chi connectivity index (χ1n) is 6.71. The Morgan fingerprint density at radius 3 is 2.78 bits per heavy atom. The van der Waals surface area contributed by atoms with E-state index in [1.165, 1.54) is 23.2 Å². The molecule has 0 bridgehead atoms. The van der Waals surface area contributed by atoms with Gasteiger partial charge in [0.05, 0.1) is 5.38 Å². The first kappa shape index (κ1) is 16.2. The zero-order chi connectivity index (χ0) is 16.7. The number of allylic oxidation sites excluding steroid dienone is 1. The van der Waals surface area contributed by atoms with Crippen LogP contribution in [0.4, 0.5) is 0 Å². The number of sulfone groups is 1. The van der Waals surface area contributed by atoms with Crippen LogP contribution in [-0.2, 0) is 14.7 Å². The lowest BCUT2D eigenvalue weighted by Gasteiger charge is -2.35. The summed E-state index contributed by atoms with van der Waals surface area (Å²) in [4.78, 5) is 6.76. The fourth-order valence-electron chi connectivity index (χ4n) is 2.58. The number of aliphatic imine (C=N–C) groups is 1. The van der Waals surface area contributed by atoms with Crippen LogP contribution in [0.15, 0.2) is 53.9 Å². The molecule has 2 heterocycles. The molecule has 0 N–H and O–H groups in total. The Balaban J connectivity index is 2.27. The van der Waals surface area contributed by atoms with Crippen LogP contribution in [0.3, 0.4) is 0 Å². The zero-order valence-electron chi connectivity index (χ0n) is 12.1. The molecule has 1 aromatic carbocycles. The van der Waals surface area contributed by atoms with Gasteiger partial charge in [0, 0.05) is 41.7 Å². The highest BCUT2D eigenvalue weighted by molar-refractivity contribution is 7.92. The highest BCUT2D eigenvalue weighted by Crippen LogP contribution is 2.36. The minimum atomic E-state index is -3.64. The molecule has 1 aliphatic rings. The Morgan fingerprint density at radius 2 is 2.13 bits per heavy atom. The van der Waals surface area contributed by atoms with Crippen molar-refractivity contribution in [1.29, 1.82) is 0 Å². The number of rotatable bonds is 3. The van der Waals surface area contributed by atoms with Crippen molar-refractivity contribution >= 4 is 39.3 Å². The van der Waals surface area contributed by atoms with Crippen molar-refractivity contribution in [1.82, 2.24) is 9.55 Å². The van der Waals surface area contributed by atoms with Crippen LogP contribution >= 0.6 is 23.2 Å². The van der Waals surface area contributed by atoms with Crippen LogP contribution in [0, 0.1) is 0 Å². The van der Waals surface area contributed by atoms with Gasteiger partial charge in [0.25, 0.3) is 0 Å². The lowest BCUT2D eigenvalue weighted by Crippen LogP contribution is -2.50. The summed E-state index contributed by atoms with van der Waals surface area (Å²) in [5, 5.41) is -0.285. The van der Waals surface area contributed by atoms with Crippen LogP contribution in [0.5, 0.6) is 0 Å². The van der Waals surface area contributed by atoms with E-state index in [0.717, 1.165) is 6.26 Å². The van der Waals surface area contributed by atoms with Gasteiger partial charge in [0.1, 0.15) is 5.82 Å². The van der Waals surface area contributed by atoms with Gasteiger partial charge in [-0.2, -0.15) is 0 Å². The van der Waals surface area contributed by atoms with E-state index < -0.39 is 20.1 Å². The van der Waals surface area contributed by atoms with Crippen molar-refractivity contribution in [2.75, 3.05) is 6.26 Å². The van der Waals surface area contributed by atoms with Crippen LogP contribution in [-0.4, -0.2) is 35.8 Å². The highest BCUT2D eigenvalue weighted by Gasteiger charge is 2.49. The number of imidazole rings is 1. The van der Waals surface area contributed by atoms with Gasteiger partial charge in [-0.15, -0.1) is 11.6 Å². The van der Waals surface area contributed by atoms with Gasteiger partial charge >= 0.3 is 0 Å². The van der Waals surface area contributed by atoms with Gasteiger partial charge in [-0.05, 0) is 18.2 Å². The van der Waals surface area contributed by atoms with Crippen LogP contribution in [0.25, 0.3) is 11.4 Å². The number of benzene rings is 1. The van der Waals surface area contributed by atoms with E-state index in [1.54, 1.807) is 36.5 Å². The van der Waals surface area contributed by atoms with Crippen molar-refractivity contribution in [2.24, 2.45) is 4.99 Å². The molecule has 2 atom stereocenters. The molecule has 0 saturated heterocycles. The molecule has 8 heteroatoms. The summed E-state index contributed by atoms with van der Waals surface area (Å²) in [6.07, 6.45) is 8.61. The predicted octanol–water partition coefficient (Wildman–Crippen LogP) is 3.11. The first-order valence-corrected chi connectivity index (χ1v) is 9.41. The SMILES string of the molecule is CS(=O)(=O)C1(n2ccnc2-c2cccc(Cl)c2)C=NC=CC1Cl.